The summed E-state index contributed by atoms with van der Waals surface area (Å²) in [5.41, 5.74) is 5.97. The van der Waals surface area contributed by atoms with E-state index < -0.39 is 6.04 Å². The molecule has 1 rings (SSSR count). The molecule has 1 atom stereocenters. The van der Waals surface area contributed by atoms with Crippen LogP contribution in [-0.4, -0.2) is 11.4 Å². The van der Waals surface area contributed by atoms with Gasteiger partial charge in [0.15, 0.2) is 0 Å². The Morgan fingerprint density at radius 3 is 2.85 bits per heavy atom. The van der Waals surface area contributed by atoms with Crippen molar-refractivity contribution in [3.8, 4) is 11.8 Å². The number of rotatable bonds is 2. The molecule has 0 aromatic heterocycles. The van der Waals surface area contributed by atoms with Gasteiger partial charge < -0.3 is 10.8 Å². The van der Waals surface area contributed by atoms with Crippen molar-refractivity contribution < 1.29 is 5.11 Å². The van der Waals surface area contributed by atoms with E-state index in [4.69, 9.17) is 11.0 Å². The van der Waals surface area contributed by atoms with Crippen LogP contribution in [0.4, 0.5) is 0 Å². The van der Waals surface area contributed by atoms with E-state index in [0.717, 1.165) is 4.90 Å². The molecule has 0 aliphatic rings. The number of nitrogens with two attached hydrogens (primary N) is 1. The molecule has 13 heavy (non-hydrogen) atoms. The first-order chi connectivity index (χ1) is 6.19. The number of nitrogens with zero attached hydrogens (tertiary/aromatic N) is 1. The molecule has 0 heterocycles. The van der Waals surface area contributed by atoms with Crippen molar-refractivity contribution in [3.05, 3.63) is 23.8 Å². The van der Waals surface area contributed by atoms with Gasteiger partial charge in [0, 0.05) is 10.5 Å². The highest BCUT2D eigenvalue weighted by molar-refractivity contribution is 7.98. The molecule has 68 valence electrons. The molecule has 0 bridgehead atoms. The molecule has 1 aromatic carbocycles. The van der Waals surface area contributed by atoms with Gasteiger partial charge in [0.25, 0.3) is 0 Å². The van der Waals surface area contributed by atoms with Crippen LogP contribution in [0.15, 0.2) is 23.1 Å². The third-order valence-electron chi connectivity index (χ3n) is 1.71. The molecule has 0 spiro atoms. The first-order valence-corrected chi connectivity index (χ1v) is 4.93. The van der Waals surface area contributed by atoms with E-state index in [1.165, 1.54) is 0 Å². The molecule has 3 N–H and O–H groups in total. The van der Waals surface area contributed by atoms with Crippen LogP contribution in [0, 0.1) is 11.3 Å². The second kappa shape index (κ2) is 4.17. The van der Waals surface area contributed by atoms with Crippen LogP contribution in [0.5, 0.6) is 5.75 Å². The van der Waals surface area contributed by atoms with E-state index in [1.54, 1.807) is 30.0 Å². The Balaban J connectivity index is 3.12. The number of benzene rings is 1. The molecular formula is C9H10N2OS. The maximum absolute atomic E-state index is 9.39. The van der Waals surface area contributed by atoms with Crippen molar-refractivity contribution in [3.63, 3.8) is 0 Å². The summed E-state index contributed by atoms with van der Waals surface area (Å²) in [6.07, 6.45) is 1.92. The lowest BCUT2D eigenvalue weighted by atomic mass is 10.1. The summed E-state index contributed by atoms with van der Waals surface area (Å²) in [7, 11) is 0. The highest BCUT2D eigenvalue weighted by atomic mass is 32.2. The molecule has 0 amide bonds. The number of nitriles is 1. The zero-order chi connectivity index (χ0) is 9.84. The molecule has 1 aromatic rings. The van der Waals surface area contributed by atoms with Gasteiger partial charge in [-0.05, 0) is 24.5 Å². The molecule has 0 aliphatic heterocycles. The first-order valence-electron chi connectivity index (χ1n) is 3.71. The van der Waals surface area contributed by atoms with Crippen molar-refractivity contribution in [1.29, 1.82) is 5.26 Å². The highest BCUT2D eigenvalue weighted by Gasteiger charge is 2.09. The molecule has 4 heteroatoms. The molecule has 0 fully saturated rings. The maximum Gasteiger partial charge on any atom is 0.122 e. The Bertz CT molecular complexity index is 346. The molecule has 0 radical (unpaired) electrons. The van der Waals surface area contributed by atoms with Crippen molar-refractivity contribution >= 4 is 11.8 Å². The van der Waals surface area contributed by atoms with Gasteiger partial charge in [0.2, 0.25) is 0 Å². The quantitative estimate of drug-likeness (QED) is 0.702. The van der Waals surface area contributed by atoms with E-state index in [1.807, 2.05) is 12.3 Å². The fourth-order valence-electron chi connectivity index (χ4n) is 0.978. The van der Waals surface area contributed by atoms with E-state index >= 15 is 0 Å². The van der Waals surface area contributed by atoms with Crippen molar-refractivity contribution in [2.75, 3.05) is 6.26 Å². The van der Waals surface area contributed by atoms with Crippen LogP contribution in [0.2, 0.25) is 0 Å². The minimum atomic E-state index is -0.757. The van der Waals surface area contributed by atoms with Gasteiger partial charge in [-0.1, -0.05) is 0 Å². The smallest absolute Gasteiger partial charge is 0.122 e. The Labute approximate surface area is 81.2 Å². The van der Waals surface area contributed by atoms with E-state index in [0.29, 0.717) is 5.56 Å². The summed E-state index contributed by atoms with van der Waals surface area (Å²) in [6, 6.07) is 6.19. The summed E-state index contributed by atoms with van der Waals surface area (Å²) < 4.78 is 0. The van der Waals surface area contributed by atoms with E-state index in [-0.39, 0.29) is 5.75 Å². The van der Waals surface area contributed by atoms with Crippen molar-refractivity contribution in [2.24, 2.45) is 5.73 Å². The van der Waals surface area contributed by atoms with Crippen molar-refractivity contribution in [2.45, 2.75) is 10.9 Å². The molecule has 0 aliphatic carbocycles. The molecule has 3 nitrogen and oxygen atoms in total. The van der Waals surface area contributed by atoms with Gasteiger partial charge in [0.1, 0.15) is 11.8 Å². The van der Waals surface area contributed by atoms with Crippen LogP contribution in [0.3, 0.4) is 0 Å². The van der Waals surface area contributed by atoms with Crippen LogP contribution in [-0.2, 0) is 0 Å². The standard InChI is InChI=1S/C9H10N2OS/c1-13-6-2-3-9(12)7(4-6)8(11)5-10/h2-4,8,12H,11H2,1H3/t8-/m0/s1. The topological polar surface area (TPSA) is 70.0 Å². The SMILES string of the molecule is CSc1ccc(O)c([C@@H](N)C#N)c1. The number of hydrogen-bond donors (Lipinski definition) is 2. The predicted octanol–water partition coefficient (Wildman–Crippen LogP) is 1.64. The summed E-state index contributed by atoms with van der Waals surface area (Å²) in [4.78, 5) is 0.985. The van der Waals surface area contributed by atoms with Crippen LogP contribution < -0.4 is 5.73 Å². The zero-order valence-electron chi connectivity index (χ0n) is 7.19. The minimum absolute atomic E-state index is 0.0758. The van der Waals surface area contributed by atoms with Gasteiger partial charge in [-0.2, -0.15) is 5.26 Å². The van der Waals surface area contributed by atoms with Crippen molar-refractivity contribution in [1.82, 2.24) is 0 Å². The van der Waals surface area contributed by atoms with E-state index in [9.17, 15) is 5.11 Å². The number of phenols is 1. The van der Waals surface area contributed by atoms with E-state index in [2.05, 4.69) is 0 Å². The van der Waals surface area contributed by atoms with Gasteiger partial charge in [-0.15, -0.1) is 11.8 Å². The fourth-order valence-corrected chi connectivity index (χ4v) is 1.43. The minimum Gasteiger partial charge on any atom is -0.508 e. The molecule has 0 saturated heterocycles. The first kappa shape index (κ1) is 9.90. The number of hydrogen-bond acceptors (Lipinski definition) is 4. The largest absolute Gasteiger partial charge is 0.508 e. The predicted molar refractivity (Wildman–Crippen MR) is 52.4 cm³/mol. The summed E-state index contributed by atoms with van der Waals surface area (Å²) in [6.45, 7) is 0. The van der Waals surface area contributed by atoms with Crippen LogP contribution in [0.1, 0.15) is 11.6 Å². The van der Waals surface area contributed by atoms with Gasteiger partial charge in [0.05, 0.1) is 6.07 Å². The lowest BCUT2D eigenvalue weighted by Gasteiger charge is -2.07. The second-order valence-corrected chi connectivity index (χ2v) is 3.41. The van der Waals surface area contributed by atoms with Gasteiger partial charge in [-0.25, -0.2) is 0 Å². The highest BCUT2D eigenvalue weighted by Crippen LogP contribution is 2.27. The Morgan fingerprint density at radius 2 is 2.31 bits per heavy atom. The van der Waals surface area contributed by atoms with Gasteiger partial charge >= 0.3 is 0 Å². The number of phenolic OH excluding ortho intramolecular Hbond substituents is 1. The second-order valence-electron chi connectivity index (χ2n) is 2.53. The molecule has 0 unspecified atom stereocenters. The fraction of sp³-hybridized carbons (Fsp3) is 0.222. The Morgan fingerprint density at radius 1 is 1.62 bits per heavy atom. The summed E-state index contributed by atoms with van der Waals surface area (Å²) in [5.74, 6) is 0.0758. The number of thioether (sulfide) groups is 1. The average Bonchev–Trinajstić information content (AvgIpc) is 2.17. The monoisotopic (exact) mass is 194 g/mol. The summed E-state index contributed by atoms with van der Waals surface area (Å²) >= 11 is 1.54. The zero-order valence-corrected chi connectivity index (χ0v) is 8.01. The lowest BCUT2D eigenvalue weighted by molar-refractivity contribution is 0.465. The lowest BCUT2D eigenvalue weighted by Crippen LogP contribution is -2.07. The van der Waals surface area contributed by atoms with Gasteiger partial charge in [-0.3, -0.25) is 0 Å². The normalized spacial score (nSPS) is 12.1. The third kappa shape index (κ3) is 2.14. The third-order valence-corrected chi connectivity index (χ3v) is 2.43. The Kier molecular flexibility index (Phi) is 3.18. The maximum atomic E-state index is 9.39. The van der Waals surface area contributed by atoms with Crippen LogP contribution >= 0.6 is 11.8 Å². The summed E-state index contributed by atoms with van der Waals surface area (Å²) in [5, 5.41) is 18.0. The van der Waals surface area contributed by atoms with Crippen LogP contribution in [0.25, 0.3) is 0 Å². The molecule has 0 saturated carbocycles. The number of aromatic hydroxyl groups is 1. The molecular weight excluding hydrogens is 184 g/mol. The average molecular weight is 194 g/mol. The Hall–Kier alpha value is -1.18.